The molecule has 322 valence electrons. The van der Waals surface area contributed by atoms with Crippen LogP contribution in [0.2, 0.25) is 0 Å². The van der Waals surface area contributed by atoms with Crippen molar-refractivity contribution in [2.75, 3.05) is 0 Å². The average molecular weight is 887 g/mol. The van der Waals surface area contributed by atoms with Gasteiger partial charge in [0.1, 0.15) is 0 Å². The van der Waals surface area contributed by atoms with Crippen molar-refractivity contribution in [2.24, 2.45) is 0 Å². The van der Waals surface area contributed by atoms with Crippen LogP contribution in [0.4, 0.5) is 0 Å². The highest BCUT2D eigenvalue weighted by Gasteiger charge is 2.33. The second-order valence-electron chi connectivity index (χ2n) is 19.1. The van der Waals surface area contributed by atoms with Crippen LogP contribution in [0.5, 0.6) is 0 Å². The number of aromatic nitrogens is 4. The molecule has 0 spiro atoms. The summed E-state index contributed by atoms with van der Waals surface area (Å²) in [5, 5.41) is 15.3. The van der Waals surface area contributed by atoms with Gasteiger partial charge in [0.15, 0.2) is 0 Å². The maximum absolute atomic E-state index is 2.65. The zero-order valence-electron chi connectivity index (χ0n) is 37.7. The third-order valence-corrected chi connectivity index (χ3v) is 15.7. The lowest BCUT2D eigenvalue weighted by Crippen LogP contribution is -1.94. The fourth-order valence-corrected chi connectivity index (χ4v) is 13.2. The Morgan fingerprint density at radius 3 is 0.957 bits per heavy atom. The van der Waals surface area contributed by atoms with Crippen molar-refractivity contribution in [3.8, 4) is 33.6 Å². The topological polar surface area (TPSA) is 18.7 Å². The molecule has 4 heteroatoms. The molecule has 0 aliphatic rings. The number of fused-ring (bicyclic) bond motifs is 20. The van der Waals surface area contributed by atoms with E-state index in [0.717, 1.165) is 11.4 Å². The molecule has 0 N–H and O–H groups in total. The van der Waals surface area contributed by atoms with Crippen molar-refractivity contribution < 1.29 is 0 Å². The van der Waals surface area contributed by atoms with Crippen molar-refractivity contribution in [1.29, 1.82) is 0 Å². The van der Waals surface area contributed by atoms with Gasteiger partial charge in [-0.05, 0) is 71.8 Å². The molecule has 0 amide bonds. The summed E-state index contributed by atoms with van der Waals surface area (Å²) in [4.78, 5) is 0. The quantitative estimate of drug-likeness (QED) is 0.168. The summed E-state index contributed by atoms with van der Waals surface area (Å²) < 4.78 is 10.3. The summed E-state index contributed by atoms with van der Waals surface area (Å²) >= 11 is 0. The minimum Gasteiger partial charge on any atom is -0.309 e. The van der Waals surface area contributed by atoms with Gasteiger partial charge in [0.2, 0.25) is 0 Å². The Hall–Kier alpha value is -9.38. The highest BCUT2D eigenvalue weighted by molar-refractivity contribution is 6.44. The molecule has 4 nitrogen and oxygen atoms in total. The lowest BCUT2D eigenvalue weighted by atomic mass is 9.88. The van der Waals surface area contributed by atoms with E-state index >= 15 is 0 Å². The van der Waals surface area contributed by atoms with Crippen LogP contribution in [-0.2, 0) is 0 Å². The second-order valence-corrected chi connectivity index (χ2v) is 19.1. The number of hydrogen-bond acceptors (Lipinski definition) is 0. The van der Waals surface area contributed by atoms with Crippen LogP contribution < -0.4 is 0 Å². The number of nitrogens with zero attached hydrogens (tertiary/aromatic N) is 4. The Morgan fingerprint density at radius 1 is 0.214 bits per heavy atom. The summed E-state index contributed by atoms with van der Waals surface area (Å²) in [6.07, 6.45) is 0. The third kappa shape index (κ3) is 4.39. The molecule has 70 heavy (non-hydrogen) atoms. The van der Waals surface area contributed by atoms with Crippen LogP contribution in [-0.4, -0.2) is 17.9 Å². The first-order valence-corrected chi connectivity index (χ1v) is 24.3. The van der Waals surface area contributed by atoms with Gasteiger partial charge in [-0.15, -0.1) is 0 Å². The molecule has 0 aliphatic carbocycles. The molecule has 6 heterocycles. The molecule has 11 aromatic carbocycles. The lowest BCUT2D eigenvalue weighted by Gasteiger charge is -2.16. The first kappa shape index (κ1) is 36.7. The average Bonchev–Trinajstić information content (AvgIpc) is 4.27. The summed E-state index contributed by atoms with van der Waals surface area (Å²) in [5.41, 5.74) is 19.4. The normalized spacial score (nSPS) is 12.6. The van der Waals surface area contributed by atoms with E-state index in [1.165, 1.54) is 142 Å². The summed E-state index contributed by atoms with van der Waals surface area (Å²) in [6, 6.07) is 85.7. The second kappa shape index (κ2) is 13.2. The molecule has 0 unspecified atom stereocenters. The first-order chi connectivity index (χ1) is 34.8. The van der Waals surface area contributed by atoms with Gasteiger partial charge < -0.3 is 17.9 Å². The molecular weight excluding hydrogens is 849 g/mol. The fraction of sp³-hybridized carbons (Fsp3) is 0. The minimum absolute atomic E-state index is 1.15. The highest BCUT2D eigenvalue weighted by atomic mass is 15.0. The van der Waals surface area contributed by atoms with Crippen LogP contribution in [0, 0.1) is 0 Å². The zero-order valence-corrected chi connectivity index (χ0v) is 37.7. The molecule has 0 saturated carbocycles. The Kier molecular flexibility index (Phi) is 6.92. The van der Waals surface area contributed by atoms with E-state index in [1.807, 2.05) is 0 Å². The van der Waals surface area contributed by atoms with Gasteiger partial charge in [-0.3, -0.25) is 0 Å². The molecule has 0 saturated heterocycles. The molecule has 6 aromatic heterocycles. The molecule has 0 fully saturated rings. The van der Waals surface area contributed by atoms with Crippen molar-refractivity contribution in [1.82, 2.24) is 17.9 Å². The standard InChI is InChI=1S/C66H38N4/c1-5-21-39(22-6-1)55-61-47-37-53-57(43-29-13-17-33-49(43)67(53)41-25-9-3-10-26-41)59-45-31-15-19-35-51(45)69(63(47)59)65(61)56(40-23-7-2-8-24-40)66-62(55)48-38-54-58(60-46-32-16-20-36-52(46)70(66)64(48)60)44-30-14-18-34-50(44)68(54)42-27-11-4-12-28-42/h1-38H. The molecule has 0 aliphatic heterocycles. The van der Waals surface area contributed by atoms with Crippen molar-refractivity contribution in [3.63, 3.8) is 0 Å². The Bertz CT molecular complexity index is 4740. The molecule has 17 aromatic rings. The molecular formula is C66H38N4. The molecule has 0 radical (unpaired) electrons. The van der Waals surface area contributed by atoms with Crippen LogP contribution in [0.25, 0.3) is 153 Å². The van der Waals surface area contributed by atoms with Gasteiger partial charge in [0, 0.05) is 87.1 Å². The van der Waals surface area contributed by atoms with E-state index < -0.39 is 0 Å². The van der Waals surface area contributed by atoms with E-state index in [9.17, 15) is 0 Å². The predicted octanol–water partition coefficient (Wildman–Crippen LogP) is 17.5. The van der Waals surface area contributed by atoms with Crippen LogP contribution in [0.1, 0.15) is 0 Å². The van der Waals surface area contributed by atoms with Gasteiger partial charge in [0.25, 0.3) is 0 Å². The number of rotatable bonds is 4. The maximum Gasteiger partial charge on any atom is 0.0647 e. The summed E-state index contributed by atoms with van der Waals surface area (Å²) in [7, 11) is 0. The first-order valence-electron chi connectivity index (χ1n) is 24.3. The number of para-hydroxylation sites is 6. The van der Waals surface area contributed by atoms with Crippen LogP contribution >= 0.6 is 0 Å². The number of benzene rings is 11. The molecule has 17 rings (SSSR count). The third-order valence-electron chi connectivity index (χ3n) is 15.7. The van der Waals surface area contributed by atoms with E-state index in [-0.39, 0.29) is 0 Å². The predicted molar refractivity (Wildman–Crippen MR) is 295 cm³/mol. The van der Waals surface area contributed by atoms with Gasteiger partial charge in [0.05, 0.1) is 55.2 Å². The Labute approximate surface area is 400 Å². The van der Waals surface area contributed by atoms with Gasteiger partial charge in [-0.1, -0.05) is 170 Å². The Balaban J connectivity index is 1.22. The fourth-order valence-electron chi connectivity index (χ4n) is 13.2. The largest absolute Gasteiger partial charge is 0.309 e. The number of hydrogen-bond donors (Lipinski definition) is 0. The smallest absolute Gasteiger partial charge is 0.0647 e. The minimum atomic E-state index is 1.15. The van der Waals surface area contributed by atoms with Crippen molar-refractivity contribution >= 4 is 120 Å². The molecule has 0 atom stereocenters. The maximum atomic E-state index is 2.65. The van der Waals surface area contributed by atoms with Crippen LogP contribution in [0.3, 0.4) is 0 Å². The monoisotopic (exact) mass is 886 g/mol. The zero-order chi connectivity index (χ0) is 45.3. The van der Waals surface area contributed by atoms with E-state index in [1.54, 1.807) is 0 Å². The summed E-state index contributed by atoms with van der Waals surface area (Å²) in [6.45, 7) is 0. The SMILES string of the molecule is c1ccc(-c2c3c4cc5c(c6ccccc6n5-c5ccccc5)c5c6ccccc6n(c3c(-c3ccccc3)c3c2c2cc6c(c7ccccc7n6-c6ccccc6)c6c7ccccc7n3c26)c45)cc1. The van der Waals surface area contributed by atoms with Gasteiger partial charge in [-0.2, -0.15) is 0 Å². The van der Waals surface area contributed by atoms with E-state index in [2.05, 4.69) is 248 Å². The van der Waals surface area contributed by atoms with Gasteiger partial charge in [-0.25, -0.2) is 0 Å². The lowest BCUT2D eigenvalue weighted by molar-refractivity contribution is 1.18. The summed E-state index contributed by atoms with van der Waals surface area (Å²) in [5.74, 6) is 0. The highest BCUT2D eigenvalue weighted by Crippen LogP contribution is 2.57. The van der Waals surface area contributed by atoms with Crippen molar-refractivity contribution in [3.05, 3.63) is 231 Å². The van der Waals surface area contributed by atoms with E-state index in [0.29, 0.717) is 0 Å². The van der Waals surface area contributed by atoms with Gasteiger partial charge >= 0.3 is 0 Å². The molecule has 0 bridgehead atoms. The Morgan fingerprint density at radius 2 is 0.543 bits per heavy atom. The van der Waals surface area contributed by atoms with E-state index in [4.69, 9.17) is 0 Å². The van der Waals surface area contributed by atoms with Crippen molar-refractivity contribution in [2.45, 2.75) is 0 Å². The van der Waals surface area contributed by atoms with Crippen LogP contribution in [0.15, 0.2) is 231 Å².